The summed E-state index contributed by atoms with van der Waals surface area (Å²) in [5, 5.41) is 19.6. The molecule has 2 saturated heterocycles. The minimum absolute atomic E-state index is 0. The Labute approximate surface area is 316 Å². The second kappa shape index (κ2) is 15.2. The number of piperazine rings is 1. The molecule has 8 heterocycles. The highest BCUT2D eigenvalue weighted by atomic mass is 16.5. The van der Waals surface area contributed by atoms with Crippen molar-refractivity contribution in [2.75, 3.05) is 69.7 Å². The van der Waals surface area contributed by atoms with Crippen LogP contribution in [0.5, 0.6) is 11.5 Å². The van der Waals surface area contributed by atoms with Crippen LogP contribution in [0.3, 0.4) is 0 Å². The number of ether oxygens (including phenoxy) is 2. The van der Waals surface area contributed by atoms with Crippen molar-refractivity contribution >= 4 is 22.9 Å². The van der Waals surface area contributed by atoms with Gasteiger partial charge in [0, 0.05) is 81.4 Å². The molecule has 54 heavy (non-hydrogen) atoms. The van der Waals surface area contributed by atoms with Crippen LogP contribution in [0.2, 0.25) is 0 Å². The van der Waals surface area contributed by atoms with Gasteiger partial charge in [-0.05, 0) is 85.8 Å². The maximum Gasteiger partial charge on any atom is 0.165 e. The fourth-order valence-corrected chi connectivity index (χ4v) is 7.90. The molecule has 13 nitrogen and oxygen atoms in total. The Balaban J connectivity index is 0.000000151. The van der Waals surface area contributed by atoms with Gasteiger partial charge in [-0.1, -0.05) is 19.6 Å². The number of hydrogen-bond donors (Lipinski definition) is 3. The fraction of sp³-hybridized carbons (Fsp3) is 0.415. The van der Waals surface area contributed by atoms with Gasteiger partial charge in [0.2, 0.25) is 0 Å². The second-order valence-corrected chi connectivity index (χ2v) is 14.7. The monoisotopic (exact) mass is 729 g/mol. The first-order valence-corrected chi connectivity index (χ1v) is 18.8. The molecule has 3 N–H and O–H groups in total. The van der Waals surface area contributed by atoms with E-state index in [9.17, 15) is 0 Å². The summed E-state index contributed by atoms with van der Waals surface area (Å²) >= 11 is 0. The fourth-order valence-electron chi connectivity index (χ4n) is 7.90. The van der Waals surface area contributed by atoms with Gasteiger partial charge in [0.05, 0.1) is 18.4 Å². The third-order valence-corrected chi connectivity index (χ3v) is 10.9. The molecule has 13 heteroatoms. The van der Waals surface area contributed by atoms with E-state index in [0.29, 0.717) is 31.3 Å². The number of benzene rings is 2. The minimum Gasteiger partial charge on any atom is -0.492 e. The summed E-state index contributed by atoms with van der Waals surface area (Å²) < 4.78 is 15.9. The van der Waals surface area contributed by atoms with Crippen molar-refractivity contribution in [3.63, 3.8) is 0 Å². The van der Waals surface area contributed by atoms with Gasteiger partial charge in [0.1, 0.15) is 36.3 Å². The molecule has 1 unspecified atom stereocenters. The number of hydrogen-bond acceptors (Lipinski definition) is 11. The van der Waals surface area contributed by atoms with E-state index < -0.39 is 0 Å². The maximum atomic E-state index is 6.23. The number of aryl methyl sites for hydroxylation is 2. The summed E-state index contributed by atoms with van der Waals surface area (Å²) in [7, 11) is 0. The predicted octanol–water partition coefficient (Wildman–Crippen LogP) is 5.39. The van der Waals surface area contributed by atoms with E-state index in [4.69, 9.17) is 19.4 Å². The molecule has 4 atom stereocenters. The second-order valence-electron chi connectivity index (χ2n) is 14.7. The van der Waals surface area contributed by atoms with Crippen molar-refractivity contribution in [1.29, 1.82) is 0 Å². The highest BCUT2D eigenvalue weighted by Gasteiger charge is 2.27. The highest BCUT2D eigenvalue weighted by molar-refractivity contribution is 5.81. The Hall–Kier alpha value is -5.24. The lowest BCUT2D eigenvalue weighted by molar-refractivity contribution is 0.0966. The van der Waals surface area contributed by atoms with Gasteiger partial charge in [-0.2, -0.15) is 10.2 Å². The molecule has 4 aliphatic heterocycles. The minimum atomic E-state index is 0. The van der Waals surface area contributed by atoms with Crippen molar-refractivity contribution in [2.24, 2.45) is 0 Å². The number of nitrogens with one attached hydrogen (secondary N) is 3. The van der Waals surface area contributed by atoms with Crippen molar-refractivity contribution in [1.82, 2.24) is 44.3 Å². The van der Waals surface area contributed by atoms with Crippen LogP contribution in [0.1, 0.15) is 31.9 Å². The quantitative estimate of drug-likeness (QED) is 0.187. The van der Waals surface area contributed by atoms with Gasteiger partial charge in [0.25, 0.3) is 0 Å². The Morgan fingerprint density at radius 1 is 0.741 bits per heavy atom. The molecular weight excluding hydrogens is 679 g/mol. The van der Waals surface area contributed by atoms with Crippen LogP contribution in [0.4, 0.5) is 11.6 Å². The molecule has 2 aromatic carbocycles. The summed E-state index contributed by atoms with van der Waals surface area (Å²) in [5.41, 5.74) is 8.41. The van der Waals surface area contributed by atoms with Gasteiger partial charge in [0.15, 0.2) is 11.3 Å². The summed E-state index contributed by atoms with van der Waals surface area (Å²) in [4.78, 5) is 14.6. The van der Waals surface area contributed by atoms with Gasteiger partial charge < -0.3 is 25.4 Å². The van der Waals surface area contributed by atoms with E-state index in [1.807, 2.05) is 52.0 Å². The SMILES string of the molecule is C.Cc1ccc2cc1-c1cnn3ccc(nc13)NCCN1C[C@@H](C)NC[C@H]1CO2.Cc1ccc2cc1-c1cnn3ccc(nc13)N[C@@H]1CCN(CCO2)C1. The largest absolute Gasteiger partial charge is 0.492 e. The van der Waals surface area contributed by atoms with Crippen molar-refractivity contribution in [3.05, 3.63) is 84.4 Å². The first-order chi connectivity index (χ1) is 25.9. The number of nitrogens with zero attached hydrogens (tertiary/aromatic N) is 8. The average Bonchev–Trinajstić information content (AvgIpc) is 3.91. The van der Waals surface area contributed by atoms with Gasteiger partial charge in [-0.25, -0.2) is 19.0 Å². The third kappa shape index (κ3) is 7.31. The molecular formula is C41H51N11O2. The van der Waals surface area contributed by atoms with Gasteiger partial charge >= 0.3 is 0 Å². The Bertz CT molecular complexity index is 2250. The van der Waals surface area contributed by atoms with E-state index in [-0.39, 0.29) is 7.43 Å². The predicted molar refractivity (Wildman–Crippen MR) is 214 cm³/mol. The molecule has 4 aliphatic rings. The molecule has 0 saturated carbocycles. The summed E-state index contributed by atoms with van der Waals surface area (Å²) in [6.07, 6.45) is 8.85. The van der Waals surface area contributed by atoms with E-state index in [2.05, 4.69) is 87.1 Å². The number of fused-ring (bicyclic) bond motifs is 11. The van der Waals surface area contributed by atoms with E-state index >= 15 is 0 Å². The van der Waals surface area contributed by atoms with E-state index in [0.717, 1.165) is 109 Å². The molecule has 4 aromatic heterocycles. The molecule has 10 bridgehead atoms. The van der Waals surface area contributed by atoms with Gasteiger partial charge in [-0.15, -0.1) is 0 Å². The summed E-state index contributed by atoms with van der Waals surface area (Å²) in [6, 6.07) is 17.8. The van der Waals surface area contributed by atoms with Crippen molar-refractivity contribution in [2.45, 2.75) is 52.7 Å². The maximum absolute atomic E-state index is 6.23. The number of aromatic nitrogens is 6. The topological polar surface area (TPSA) is 121 Å². The Morgan fingerprint density at radius 2 is 1.41 bits per heavy atom. The number of rotatable bonds is 0. The van der Waals surface area contributed by atoms with Crippen LogP contribution < -0.4 is 25.4 Å². The molecule has 10 rings (SSSR count). The number of anilines is 2. The zero-order valence-corrected chi connectivity index (χ0v) is 30.6. The first-order valence-electron chi connectivity index (χ1n) is 18.8. The van der Waals surface area contributed by atoms with Crippen molar-refractivity contribution in [3.8, 4) is 33.8 Å². The molecule has 6 aromatic rings. The molecule has 0 radical (unpaired) electrons. The van der Waals surface area contributed by atoms with Crippen LogP contribution in [-0.4, -0.2) is 116 Å². The molecule has 2 fully saturated rings. The third-order valence-electron chi connectivity index (χ3n) is 10.9. The smallest absolute Gasteiger partial charge is 0.165 e. The molecule has 0 spiro atoms. The zero-order valence-electron chi connectivity index (χ0n) is 30.6. The van der Waals surface area contributed by atoms with Gasteiger partial charge in [-0.3, -0.25) is 9.80 Å². The Morgan fingerprint density at radius 3 is 2.13 bits per heavy atom. The summed E-state index contributed by atoms with van der Waals surface area (Å²) in [6.45, 7) is 14.7. The normalized spacial score (nSPS) is 22.3. The van der Waals surface area contributed by atoms with Crippen LogP contribution in [-0.2, 0) is 0 Å². The first kappa shape index (κ1) is 35.8. The summed E-state index contributed by atoms with van der Waals surface area (Å²) in [5.74, 6) is 3.60. The standard InChI is InChI=1S/C21H26N6O.C19H21N5O.CH4/c1-14-3-4-17-9-18(14)19-11-24-27-7-5-20(25-21(19)27)22-6-8-26-12-15(2)23-10-16(26)13-28-17;1-13-2-3-15-10-16(13)17-11-20-24-7-5-18(22-19(17)24)21-14-4-6-23(12-14)8-9-25-15;/h3-5,7,9,11,15-16,23H,6,8,10,12-13H2,1-2H3,(H,22,25);2-3,5,7,10-11,14H,4,6,8-9,12H2,1H3,(H,21,22);1H4/t15-,16+;14-;/m11./s1. The van der Waals surface area contributed by atoms with Crippen molar-refractivity contribution < 1.29 is 9.47 Å². The van der Waals surface area contributed by atoms with Crippen LogP contribution in [0.15, 0.2) is 73.3 Å². The molecule has 282 valence electrons. The lowest BCUT2D eigenvalue weighted by atomic mass is 10.0. The van der Waals surface area contributed by atoms with E-state index in [1.54, 1.807) is 0 Å². The van der Waals surface area contributed by atoms with Crippen LogP contribution in [0.25, 0.3) is 33.5 Å². The van der Waals surface area contributed by atoms with Crippen LogP contribution in [0, 0.1) is 13.8 Å². The zero-order chi connectivity index (χ0) is 35.9. The van der Waals surface area contributed by atoms with Crippen LogP contribution >= 0.6 is 0 Å². The highest BCUT2D eigenvalue weighted by Crippen LogP contribution is 2.32. The lowest BCUT2D eigenvalue weighted by Gasteiger charge is -2.39. The average molecular weight is 730 g/mol. The Kier molecular flexibility index (Phi) is 10.1. The molecule has 0 amide bonds. The van der Waals surface area contributed by atoms with E-state index in [1.165, 1.54) is 11.1 Å². The molecule has 0 aliphatic carbocycles. The lowest BCUT2D eigenvalue weighted by Crippen LogP contribution is -2.58.